The Morgan fingerprint density at radius 1 is 1.35 bits per heavy atom. The lowest BCUT2D eigenvalue weighted by Crippen LogP contribution is -2.97. The van der Waals surface area contributed by atoms with Crippen LogP contribution in [0.2, 0.25) is 1.41 Å². The quantitative estimate of drug-likeness (QED) is 0.832. The number of fused-ring (bicyclic) bond motifs is 1. The van der Waals surface area contributed by atoms with Crippen LogP contribution in [0.3, 0.4) is 0 Å². The first kappa shape index (κ1) is 9.57. The third kappa shape index (κ3) is 1.81. The summed E-state index contributed by atoms with van der Waals surface area (Å²) in [6.07, 6.45) is 2.43. The maximum Gasteiger partial charge on any atom is 0.359 e. The standard InChI is InChI=1S/C14H12FNS/c1-16-9-11(14-13(16)6-7-17-14)8-10-4-2-3-5-12(10)15/h2-7,9H,8H2,1H3/p+1/i/hD. The number of allylic oxidation sites excluding steroid dienone is 1. The van der Waals surface area contributed by atoms with E-state index < -0.39 is 0 Å². The highest BCUT2D eigenvalue weighted by molar-refractivity contribution is 7.11. The highest BCUT2D eigenvalue weighted by Gasteiger charge is 2.25. The van der Waals surface area contributed by atoms with Gasteiger partial charge in [-0.2, -0.15) is 0 Å². The molecule has 1 aliphatic heterocycles. The molecule has 1 nitrogen and oxygen atoms in total. The molecule has 0 saturated heterocycles. The number of benzene rings is 1. The first-order valence-electron chi connectivity index (χ1n) is 5.95. The van der Waals surface area contributed by atoms with Crippen LogP contribution in [0.5, 0.6) is 0 Å². The van der Waals surface area contributed by atoms with Gasteiger partial charge in [0, 0.05) is 18.1 Å². The summed E-state index contributed by atoms with van der Waals surface area (Å²) in [5.74, 6) is -0.178. The van der Waals surface area contributed by atoms with E-state index in [2.05, 4.69) is 0 Å². The molecule has 0 radical (unpaired) electrons. The number of thiophene rings is 1. The van der Waals surface area contributed by atoms with Crippen LogP contribution in [0.25, 0.3) is 5.57 Å². The summed E-state index contributed by atoms with van der Waals surface area (Å²) in [6, 6.07) is 8.80. The van der Waals surface area contributed by atoms with Gasteiger partial charge in [-0.25, -0.2) is 4.39 Å². The van der Waals surface area contributed by atoms with Gasteiger partial charge in [-0.3, -0.25) is 4.89 Å². The molecule has 0 saturated carbocycles. The fourth-order valence-corrected chi connectivity index (χ4v) is 3.10. The van der Waals surface area contributed by atoms with Crippen LogP contribution in [-0.2, 0) is 6.42 Å². The zero-order valence-corrected chi connectivity index (χ0v) is 10.3. The molecule has 0 spiro atoms. The van der Waals surface area contributed by atoms with Crippen molar-refractivity contribution in [2.45, 2.75) is 6.42 Å². The summed E-state index contributed by atoms with van der Waals surface area (Å²) in [5, 5.41) is 1.99. The van der Waals surface area contributed by atoms with Crippen molar-refractivity contribution in [2.24, 2.45) is 0 Å². The van der Waals surface area contributed by atoms with E-state index in [1.165, 1.54) is 6.07 Å². The number of hydrogen-bond acceptors (Lipinski definition) is 1. The fourth-order valence-electron chi connectivity index (χ4n) is 2.16. The van der Waals surface area contributed by atoms with Crippen LogP contribution in [0.15, 0.2) is 41.9 Å². The van der Waals surface area contributed by atoms with Crippen molar-refractivity contribution in [3.8, 4) is 0 Å². The minimum atomic E-state index is -0.178. The summed E-state index contributed by atoms with van der Waals surface area (Å²) >= 11 is 1.62. The van der Waals surface area contributed by atoms with Crippen LogP contribution in [0.1, 0.15) is 10.4 Å². The Morgan fingerprint density at radius 3 is 3.00 bits per heavy atom. The van der Waals surface area contributed by atoms with Gasteiger partial charge in [0.25, 0.3) is 0 Å². The van der Waals surface area contributed by atoms with Crippen molar-refractivity contribution in [3.05, 3.63) is 58.2 Å². The van der Waals surface area contributed by atoms with Crippen molar-refractivity contribution < 1.29 is 10.7 Å². The molecule has 1 unspecified atom stereocenters. The SMILES string of the molecule is [2H][N+]1(C)C=C(Cc2ccccc2F)c2sccc21. The van der Waals surface area contributed by atoms with Gasteiger partial charge in [-0.1, -0.05) is 18.2 Å². The van der Waals surface area contributed by atoms with E-state index in [0.29, 0.717) is 12.0 Å². The summed E-state index contributed by atoms with van der Waals surface area (Å²) < 4.78 is 21.9. The molecule has 0 fully saturated rings. The summed E-state index contributed by atoms with van der Waals surface area (Å²) in [7, 11) is 1.82. The molecular weight excluding hydrogens is 233 g/mol. The zero-order valence-electron chi connectivity index (χ0n) is 10.5. The lowest BCUT2D eigenvalue weighted by Gasteiger charge is -2.01. The Kier molecular flexibility index (Phi) is 2.30. The molecule has 1 aliphatic rings. The molecule has 0 amide bonds. The third-order valence-electron chi connectivity index (χ3n) is 3.00. The normalized spacial score (nSPS) is 23.2. The Balaban J connectivity index is 1.99. The van der Waals surface area contributed by atoms with Gasteiger partial charge in [-0.15, -0.1) is 11.3 Å². The van der Waals surface area contributed by atoms with Gasteiger partial charge < -0.3 is 0 Å². The number of rotatable bonds is 2. The molecule has 17 heavy (non-hydrogen) atoms. The first-order chi connectivity index (χ1) is 8.58. The zero-order chi connectivity index (χ0) is 12.8. The maximum absolute atomic E-state index is 13.7. The van der Waals surface area contributed by atoms with Gasteiger partial charge in [-0.05, 0) is 17.0 Å². The van der Waals surface area contributed by atoms with Crippen molar-refractivity contribution in [1.82, 2.24) is 0 Å². The second-order valence-electron chi connectivity index (χ2n) is 4.17. The molecule has 1 N–H and O–H groups in total. The predicted molar refractivity (Wildman–Crippen MR) is 68.9 cm³/mol. The van der Waals surface area contributed by atoms with E-state index >= 15 is 0 Å². The van der Waals surface area contributed by atoms with E-state index in [4.69, 9.17) is 1.41 Å². The van der Waals surface area contributed by atoms with Crippen molar-refractivity contribution in [1.29, 1.82) is 0 Å². The van der Waals surface area contributed by atoms with E-state index in [0.717, 1.165) is 16.1 Å². The molecule has 2 heterocycles. The number of quaternary nitrogens is 1. The first-order valence-corrected chi connectivity index (χ1v) is 6.38. The predicted octanol–water partition coefficient (Wildman–Crippen LogP) is 2.63. The number of hydrogen-bond donors (Lipinski definition) is 1. The molecule has 0 aliphatic carbocycles. The van der Waals surface area contributed by atoms with E-state index in [-0.39, 0.29) is 10.7 Å². The third-order valence-corrected chi connectivity index (χ3v) is 3.98. The highest BCUT2D eigenvalue weighted by atomic mass is 32.1. The molecule has 1 aromatic carbocycles. The van der Waals surface area contributed by atoms with Gasteiger partial charge >= 0.3 is 1.41 Å². The summed E-state index contributed by atoms with van der Waals surface area (Å²) in [6.45, 7) is 0. The van der Waals surface area contributed by atoms with Crippen LogP contribution in [0, 0.1) is 5.82 Å². The fraction of sp³-hybridized carbons (Fsp3) is 0.143. The minimum Gasteiger partial charge on any atom is -0.277 e. The average molecular weight is 247 g/mol. The summed E-state index contributed by atoms with van der Waals surface area (Å²) in [4.78, 5) is 1.11. The molecular formula is C14H13FNS+. The Bertz CT molecular complexity index is 630. The number of nitrogens with one attached hydrogen (secondary N) is 1. The van der Waals surface area contributed by atoms with Gasteiger partial charge in [0.15, 0.2) is 5.69 Å². The van der Waals surface area contributed by atoms with Gasteiger partial charge in [0.2, 0.25) is 0 Å². The van der Waals surface area contributed by atoms with Crippen molar-refractivity contribution in [3.63, 3.8) is 0 Å². The lowest BCUT2D eigenvalue weighted by molar-refractivity contribution is -0.746. The molecule has 2 aromatic rings. The molecule has 86 valence electrons. The molecule has 1 atom stereocenters. The Hall–Kier alpha value is -1.45. The smallest absolute Gasteiger partial charge is 0.277 e. The largest absolute Gasteiger partial charge is 0.359 e. The second-order valence-corrected chi connectivity index (χ2v) is 5.08. The summed E-state index contributed by atoms with van der Waals surface area (Å²) in [5.41, 5.74) is 2.71. The van der Waals surface area contributed by atoms with Gasteiger partial charge in [0.05, 0.1) is 11.9 Å². The van der Waals surface area contributed by atoms with Crippen LogP contribution in [-0.4, -0.2) is 7.05 Å². The van der Waals surface area contributed by atoms with E-state index in [1.54, 1.807) is 23.5 Å². The molecule has 3 rings (SSSR count). The Labute approximate surface area is 105 Å². The van der Waals surface area contributed by atoms with Crippen LogP contribution in [0.4, 0.5) is 10.1 Å². The maximum atomic E-state index is 13.7. The van der Waals surface area contributed by atoms with Gasteiger partial charge in [0.1, 0.15) is 12.0 Å². The van der Waals surface area contributed by atoms with Crippen LogP contribution < -0.4 is 4.89 Å². The van der Waals surface area contributed by atoms with E-state index in [9.17, 15) is 4.39 Å². The second kappa shape index (κ2) is 4.09. The van der Waals surface area contributed by atoms with Crippen molar-refractivity contribution >= 4 is 22.6 Å². The molecule has 1 aromatic heterocycles. The monoisotopic (exact) mass is 247 g/mol. The van der Waals surface area contributed by atoms with Crippen molar-refractivity contribution in [2.75, 3.05) is 7.05 Å². The topological polar surface area (TPSA) is 4.44 Å². The average Bonchev–Trinajstić information content (AvgIpc) is 2.87. The van der Waals surface area contributed by atoms with Crippen LogP contribution >= 0.6 is 11.3 Å². The number of halogens is 1. The lowest BCUT2D eigenvalue weighted by atomic mass is 10.1. The molecule has 3 heteroatoms. The van der Waals surface area contributed by atoms with E-state index in [1.807, 2.05) is 30.8 Å². The highest BCUT2D eigenvalue weighted by Crippen LogP contribution is 2.32. The Morgan fingerprint density at radius 2 is 2.18 bits per heavy atom. The minimum absolute atomic E-state index is 0.00260. The molecule has 0 bridgehead atoms.